The highest BCUT2D eigenvalue weighted by Crippen LogP contribution is 2.31. The van der Waals surface area contributed by atoms with Crippen molar-refractivity contribution in [3.8, 4) is 5.75 Å². The zero-order chi connectivity index (χ0) is 15.4. The van der Waals surface area contributed by atoms with E-state index in [0.29, 0.717) is 15.9 Å². The lowest BCUT2D eigenvalue weighted by Crippen LogP contribution is -2.20. The Morgan fingerprint density at radius 1 is 1.50 bits per heavy atom. The molecule has 2 heterocycles. The van der Waals surface area contributed by atoms with E-state index in [1.165, 1.54) is 11.3 Å². The second-order valence-corrected chi connectivity index (χ2v) is 6.19. The van der Waals surface area contributed by atoms with Gasteiger partial charge < -0.3 is 9.47 Å². The summed E-state index contributed by atoms with van der Waals surface area (Å²) in [5, 5.41) is 12.5. The van der Waals surface area contributed by atoms with Gasteiger partial charge in [0.05, 0.1) is 0 Å². The third-order valence-corrected chi connectivity index (χ3v) is 4.22. The first-order valence-corrected chi connectivity index (χ1v) is 8.03. The third kappa shape index (κ3) is 3.94. The topological polar surface area (TPSA) is 73.3 Å². The summed E-state index contributed by atoms with van der Waals surface area (Å²) in [6.07, 6.45) is 1.98. The van der Waals surface area contributed by atoms with E-state index in [0.717, 1.165) is 24.5 Å². The van der Waals surface area contributed by atoms with Crippen LogP contribution in [0.3, 0.4) is 0 Å². The molecule has 1 atom stereocenters. The summed E-state index contributed by atoms with van der Waals surface area (Å²) >= 11 is 7.17. The number of hydrogen-bond donors (Lipinski definition) is 1. The predicted octanol–water partition coefficient (Wildman–Crippen LogP) is 3.06. The largest absolute Gasteiger partial charge is 0.484 e. The van der Waals surface area contributed by atoms with Gasteiger partial charge in [0.2, 0.25) is 5.13 Å². The van der Waals surface area contributed by atoms with Crippen LogP contribution in [-0.2, 0) is 9.53 Å². The van der Waals surface area contributed by atoms with Crippen LogP contribution in [0.4, 0.5) is 5.13 Å². The molecule has 0 radical (unpaired) electrons. The minimum Gasteiger partial charge on any atom is -0.484 e. The molecule has 6 nitrogen and oxygen atoms in total. The number of nitrogens with one attached hydrogen (secondary N) is 1. The van der Waals surface area contributed by atoms with E-state index in [2.05, 4.69) is 15.5 Å². The van der Waals surface area contributed by atoms with Crippen LogP contribution in [0.25, 0.3) is 0 Å². The van der Waals surface area contributed by atoms with E-state index in [4.69, 9.17) is 21.1 Å². The van der Waals surface area contributed by atoms with E-state index in [1.807, 2.05) is 0 Å². The van der Waals surface area contributed by atoms with Crippen LogP contribution >= 0.6 is 22.9 Å². The molecule has 1 fully saturated rings. The number of carbonyl (C=O) groups excluding carboxylic acids is 1. The molecule has 1 amide bonds. The lowest BCUT2D eigenvalue weighted by Gasteiger charge is -2.05. The van der Waals surface area contributed by atoms with Crippen molar-refractivity contribution in [2.24, 2.45) is 0 Å². The molecule has 0 saturated carbocycles. The summed E-state index contributed by atoms with van der Waals surface area (Å²) in [5.41, 5.74) is 0. The van der Waals surface area contributed by atoms with Crippen molar-refractivity contribution in [3.63, 3.8) is 0 Å². The minimum atomic E-state index is -0.296. The summed E-state index contributed by atoms with van der Waals surface area (Å²) in [7, 11) is 0. The number of nitrogens with zero attached hydrogens (tertiary/aromatic N) is 2. The Labute approximate surface area is 136 Å². The molecule has 1 N–H and O–H groups in total. The van der Waals surface area contributed by atoms with Gasteiger partial charge in [0.25, 0.3) is 5.91 Å². The summed E-state index contributed by atoms with van der Waals surface area (Å²) in [6.45, 7) is 0.634. The van der Waals surface area contributed by atoms with Gasteiger partial charge in [-0.2, -0.15) is 0 Å². The van der Waals surface area contributed by atoms with E-state index in [-0.39, 0.29) is 18.6 Å². The van der Waals surface area contributed by atoms with Crippen molar-refractivity contribution >= 4 is 34.0 Å². The lowest BCUT2D eigenvalue weighted by atomic mass is 10.2. The van der Waals surface area contributed by atoms with Crippen molar-refractivity contribution in [2.45, 2.75) is 18.9 Å². The lowest BCUT2D eigenvalue weighted by molar-refractivity contribution is -0.118. The molecule has 0 aliphatic carbocycles. The van der Waals surface area contributed by atoms with E-state index in [1.54, 1.807) is 24.3 Å². The highest BCUT2D eigenvalue weighted by Gasteiger charge is 2.22. The monoisotopic (exact) mass is 339 g/mol. The number of amides is 1. The Kier molecular flexibility index (Phi) is 4.87. The van der Waals surface area contributed by atoms with Gasteiger partial charge in [0.15, 0.2) is 6.61 Å². The Balaban J connectivity index is 1.51. The number of benzene rings is 1. The van der Waals surface area contributed by atoms with Crippen molar-refractivity contribution in [1.29, 1.82) is 0 Å². The first-order chi connectivity index (χ1) is 10.7. The molecule has 22 heavy (non-hydrogen) atoms. The average Bonchev–Trinajstić information content (AvgIpc) is 3.16. The van der Waals surface area contributed by atoms with Crippen molar-refractivity contribution in [1.82, 2.24) is 10.2 Å². The molecule has 3 rings (SSSR count). The Hall–Kier alpha value is -1.70. The second kappa shape index (κ2) is 7.04. The standard InChI is InChI=1S/C14H14ClN3O3S/c15-9-3-1-4-10(7-9)21-8-12(19)16-14-18-17-13(22-14)11-5-2-6-20-11/h1,3-4,7,11H,2,5-6,8H2,(H,16,18,19). The van der Waals surface area contributed by atoms with Gasteiger partial charge in [-0.05, 0) is 31.0 Å². The highest BCUT2D eigenvalue weighted by molar-refractivity contribution is 7.15. The normalized spacial score (nSPS) is 17.4. The number of halogens is 1. The molecule has 0 bridgehead atoms. The van der Waals surface area contributed by atoms with E-state index < -0.39 is 0 Å². The van der Waals surface area contributed by atoms with Crippen LogP contribution in [0.5, 0.6) is 5.75 Å². The van der Waals surface area contributed by atoms with Gasteiger partial charge in [0, 0.05) is 11.6 Å². The van der Waals surface area contributed by atoms with E-state index in [9.17, 15) is 4.79 Å². The Morgan fingerprint density at radius 2 is 2.41 bits per heavy atom. The van der Waals surface area contributed by atoms with Crippen molar-refractivity contribution in [3.05, 3.63) is 34.3 Å². The third-order valence-electron chi connectivity index (χ3n) is 3.06. The molecule has 1 saturated heterocycles. The maximum Gasteiger partial charge on any atom is 0.264 e. The Morgan fingerprint density at radius 3 is 3.18 bits per heavy atom. The molecule has 1 aliphatic rings. The number of hydrogen-bond acceptors (Lipinski definition) is 6. The van der Waals surface area contributed by atoms with Crippen LogP contribution in [0.15, 0.2) is 24.3 Å². The fraction of sp³-hybridized carbons (Fsp3) is 0.357. The van der Waals surface area contributed by atoms with Gasteiger partial charge >= 0.3 is 0 Å². The number of carbonyl (C=O) groups is 1. The molecule has 1 aromatic carbocycles. The predicted molar refractivity (Wildman–Crippen MR) is 83.4 cm³/mol. The van der Waals surface area contributed by atoms with Gasteiger partial charge in [-0.25, -0.2) is 0 Å². The maximum absolute atomic E-state index is 11.8. The first-order valence-electron chi connectivity index (χ1n) is 6.84. The summed E-state index contributed by atoms with van der Waals surface area (Å²) in [6, 6.07) is 6.88. The quantitative estimate of drug-likeness (QED) is 0.906. The van der Waals surface area contributed by atoms with Crippen LogP contribution in [-0.4, -0.2) is 29.3 Å². The van der Waals surface area contributed by atoms with E-state index >= 15 is 0 Å². The number of anilines is 1. The molecular weight excluding hydrogens is 326 g/mol. The minimum absolute atomic E-state index is 0.00543. The van der Waals surface area contributed by atoms with Gasteiger partial charge in [0.1, 0.15) is 16.9 Å². The van der Waals surface area contributed by atoms with Crippen molar-refractivity contribution < 1.29 is 14.3 Å². The fourth-order valence-corrected chi connectivity index (χ4v) is 3.07. The number of rotatable bonds is 5. The number of ether oxygens (including phenoxy) is 2. The van der Waals surface area contributed by atoms with Crippen LogP contribution < -0.4 is 10.1 Å². The van der Waals surface area contributed by atoms with Crippen molar-refractivity contribution in [2.75, 3.05) is 18.5 Å². The zero-order valence-corrected chi connectivity index (χ0v) is 13.2. The Bertz CT molecular complexity index is 658. The highest BCUT2D eigenvalue weighted by atomic mass is 35.5. The summed E-state index contributed by atoms with van der Waals surface area (Å²) in [4.78, 5) is 11.8. The molecule has 2 aromatic rings. The molecule has 1 aliphatic heterocycles. The molecule has 0 spiro atoms. The molecule has 8 heteroatoms. The molecule has 1 aromatic heterocycles. The fourth-order valence-electron chi connectivity index (χ4n) is 2.05. The van der Waals surface area contributed by atoms with Gasteiger partial charge in [-0.3, -0.25) is 10.1 Å². The summed E-state index contributed by atoms with van der Waals surface area (Å²) < 4.78 is 10.9. The van der Waals surface area contributed by atoms with Gasteiger partial charge in [-0.15, -0.1) is 10.2 Å². The smallest absolute Gasteiger partial charge is 0.264 e. The van der Waals surface area contributed by atoms with Crippen LogP contribution in [0.2, 0.25) is 5.02 Å². The van der Waals surface area contributed by atoms with Gasteiger partial charge in [-0.1, -0.05) is 29.0 Å². The van der Waals surface area contributed by atoms with Crippen LogP contribution in [0.1, 0.15) is 24.0 Å². The SMILES string of the molecule is O=C(COc1cccc(Cl)c1)Nc1nnc(C2CCCO2)s1. The first kappa shape index (κ1) is 15.2. The van der Waals surface area contributed by atoms with Crippen LogP contribution in [0, 0.1) is 0 Å². The molecular formula is C14H14ClN3O3S. The number of aromatic nitrogens is 2. The molecule has 116 valence electrons. The summed E-state index contributed by atoms with van der Waals surface area (Å²) in [5.74, 6) is 0.245. The average molecular weight is 340 g/mol. The zero-order valence-electron chi connectivity index (χ0n) is 11.6. The maximum atomic E-state index is 11.8. The second-order valence-electron chi connectivity index (χ2n) is 4.74. The molecule has 1 unspecified atom stereocenters.